The molecule has 3 heterocycles. The van der Waals surface area contributed by atoms with Crippen molar-refractivity contribution in [2.24, 2.45) is 0 Å². The number of hydrogen-bond donors (Lipinski definition) is 2. The highest BCUT2D eigenvalue weighted by atomic mass is 19.1. The van der Waals surface area contributed by atoms with Crippen molar-refractivity contribution in [1.29, 1.82) is 0 Å². The highest BCUT2D eigenvalue weighted by Gasteiger charge is 2.14. The Balaban J connectivity index is 1.59. The molecule has 0 saturated carbocycles. The Morgan fingerprint density at radius 3 is 2.87 bits per heavy atom. The smallest absolute Gasteiger partial charge is 0.160 e. The first kappa shape index (κ1) is 21.0. The first-order valence-electron chi connectivity index (χ1n) is 10.0. The molecule has 0 aliphatic heterocycles. The number of halogens is 1. The second-order valence-corrected chi connectivity index (χ2v) is 7.24. The van der Waals surface area contributed by atoms with Gasteiger partial charge in [-0.1, -0.05) is 0 Å². The largest absolute Gasteiger partial charge is 0.492 e. The number of aromatic nitrogens is 5. The van der Waals surface area contributed by atoms with Gasteiger partial charge in [0, 0.05) is 48.2 Å². The number of H-pyrrole nitrogens is 1. The number of methoxy groups -OCH3 is 1. The van der Waals surface area contributed by atoms with Crippen LogP contribution < -0.4 is 10.1 Å². The van der Waals surface area contributed by atoms with Crippen LogP contribution in [0.2, 0.25) is 0 Å². The van der Waals surface area contributed by atoms with E-state index in [2.05, 4.69) is 25.7 Å². The van der Waals surface area contributed by atoms with E-state index < -0.39 is 0 Å². The van der Waals surface area contributed by atoms with Crippen LogP contribution in [0.4, 0.5) is 4.39 Å². The molecule has 4 aromatic rings. The van der Waals surface area contributed by atoms with Crippen molar-refractivity contribution in [2.75, 3.05) is 20.8 Å². The molecule has 0 saturated heterocycles. The number of aromatic amines is 1. The molecule has 3 aromatic heterocycles. The Morgan fingerprint density at radius 2 is 2.06 bits per heavy atom. The van der Waals surface area contributed by atoms with Crippen molar-refractivity contribution in [1.82, 2.24) is 30.1 Å². The molecule has 0 spiro atoms. The number of aryl methyl sites for hydroxylation is 1. The van der Waals surface area contributed by atoms with Gasteiger partial charge in [-0.05, 0) is 38.2 Å². The minimum Gasteiger partial charge on any atom is -0.492 e. The molecular formula is C22H25FN6O2. The summed E-state index contributed by atoms with van der Waals surface area (Å²) in [6, 6.07) is 8.40. The van der Waals surface area contributed by atoms with E-state index in [4.69, 9.17) is 9.47 Å². The van der Waals surface area contributed by atoms with Crippen molar-refractivity contribution in [3.8, 4) is 16.9 Å². The number of pyridine rings is 1. The van der Waals surface area contributed by atoms with Gasteiger partial charge in [0.1, 0.15) is 11.6 Å². The second kappa shape index (κ2) is 9.23. The molecule has 0 bridgehead atoms. The van der Waals surface area contributed by atoms with E-state index in [0.717, 1.165) is 39.5 Å². The molecule has 0 aliphatic rings. The Kier molecular flexibility index (Phi) is 6.24. The van der Waals surface area contributed by atoms with Gasteiger partial charge in [0.15, 0.2) is 11.5 Å². The second-order valence-electron chi connectivity index (χ2n) is 7.24. The highest BCUT2D eigenvalue weighted by Crippen LogP contribution is 2.31. The number of rotatable bonds is 9. The molecule has 31 heavy (non-hydrogen) atoms. The standard InChI is InChI=1S/C22H25FN6O2/c1-14-17(19(13-30-3)26-25-14)8-9-31-20-10-16(23)5-6-18(20)15-4-7-21-27-28-22(11-24-2)29(21)12-15/h4-7,10,12,24H,8-9,11,13H2,1-3H3,(H,25,26). The van der Waals surface area contributed by atoms with Crippen molar-refractivity contribution in [3.63, 3.8) is 0 Å². The van der Waals surface area contributed by atoms with Crippen LogP contribution in [0.1, 0.15) is 22.8 Å². The molecule has 0 aliphatic carbocycles. The van der Waals surface area contributed by atoms with Gasteiger partial charge >= 0.3 is 0 Å². The van der Waals surface area contributed by atoms with E-state index in [1.165, 1.54) is 12.1 Å². The number of nitrogens with one attached hydrogen (secondary N) is 2. The Bertz CT molecular complexity index is 1190. The number of ether oxygens (including phenoxy) is 2. The van der Waals surface area contributed by atoms with Gasteiger partial charge in [0.2, 0.25) is 0 Å². The van der Waals surface area contributed by atoms with Gasteiger partial charge < -0.3 is 14.8 Å². The lowest BCUT2D eigenvalue weighted by molar-refractivity contribution is 0.180. The van der Waals surface area contributed by atoms with Crippen LogP contribution in [0.15, 0.2) is 36.5 Å². The predicted molar refractivity (Wildman–Crippen MR) is 114 cm³/mol. The molecule has 0 fully saturated rings. The molecule has 162 valence electrons. The fraction of sp³-hybridized carbons (Fsp3) is 0.318. The van der Waals surface area contributed by atoms with Gasteiger partial charge in [-0.3, -0.25) is 9.50 Å². The first-order valence-corrected chi connectivity index (χ1v) is 10.0. The van der Waals surface area contributed by atoms with E-state index >= 15 is 0 Å². The van der Waals surface area contributed by atoms with Crippen LogP contribution >= 0.6 is 0 Å². The zero-order valence-electron chi connectivity index (χ0n) is 17.8. The predicted octanol–water partition coefficient (Wildman–Crippen LogP) is 3.05. The SMILES string of the molecule is CNCc1nnc2ccc(-c3ccc(F)cc3OCCc3c(COC)n[nH]c3C)cn12. The van der Waals surface area contributed by atoms with E-state index in [1.807, 2.05) is 36.7 Å². The molecule has 8 nitrogen and oxygen atoms in total. The summed E-state index contributed by atoms with van der Waals surface area (Å²) in [4.78, 5) is 0. The average Bonchev–Trinajstić information content (AvgIpc) is 3.32. The molecule has 0 amide bonds. The molecular weight excluding hydrogens is 399 g/mol. The Hall–Kier alpha value is -3.30. The molecule has 1 aromatic carbocycles. The fourth-order valence-corrected chi connectivity index (χ4v) is 3.58. The monoisotopic (exact) mass is 424 g/mol. The summed E-state index contributed by atoms with van der Waals surface area (Å²) < 4.78 is 27.2. The maximum atomic E-state index is 14.0. The van der Waals surface area contributed by atoms with Gasteiger partial charge in [0.05, 0.1) is 25.5 Å². The minimum atomic E-state index is -0.348. The third kappa shape index (κ3) is 4.42. The molecule has 9 heteroatoms. The normalized spacial score (nSPS) is 11.4. The van der Waals surface area contributed by atoms with Crippen LogP contribution in [-0.4, -0.2) is 45.6 Å². The summed E-state index contributed by atoms with van der Waals surface area (Å²) in [5.74, 6) is 0.932. The van der Waals surface area contributed by atoms with Gasteiger partial charge in [-0.15, -0.1) is 10.2 Å². The van der Waals surface area contributed by atoms with E-state index in [9.17, 15) is 4.39 Å². The van der Waals surface area contributed by atoms with Crippen molar-refractivity contribution >= 4 is 5.65 Å². The molecule has 0 radical (unpaired) electrons. The van der Waals surface area contributed by atoms with E-state index in [1.54, 1.807) is 13.2 Å². The van der Waals surface area contributed by atoms with Crippen LogP contribution in [-0.2, 0) is 24.3 Å². The Labute approximate surface area is 179 Å². The molecule has 4 rings (SSSR count). The van der Waals surface area contributed by atoms with Gasteiger partial charge in [-0.25, -0.2) is 4.39 Å². The minimum absolute atomic E-state index is 0.348. The molecule has 0 atom stereocenters. The Morgan fingerprint density at radius 1 is 1.19 bits per heavy atom. The lowest BCUT2D eigenvalue weighted by Gasteiger charge is -2.13. The van der Waals surface area contributed by atoms with Gasteiger partial charge in [-0.2, -0.15) is 5.10 Å². The third-order valence-corrected chi connectivity index (χ3v) is 5.11. The zero-order chi connectivity index (χ0) is 21.8. The van der Waals surface area contributed by atoms with Crippen molar-refractivity contribution in [3.05, 3.63) is 65.1 Å². The number of hydrogen-bond acceptors (Lipinski definition) is 6. The van der Waals surface area contributed by atoms with Crippen LogP contribution in [0.5, 0.6) is 5.75 Å². The fourth-order valence-electron chi connectivity index (χ4n) is 3.58. The molecule has 2 N–H and O–H groups in total. The van der Waals surface area contributed by atoms with Gasteiger partial charge in [0.25, 0.3) is 0 Å². The number of fused-ring (bicyclic) bond motifs is 1. The third-order valence-electron chi connectivity index (χ3n) is 5.11. The maximum Gasteiger partial charge on any atom is 0.160 e. The average molecular weight is 424 g/mol. The highest BCUT2D eigenvalue weighted by molar-refractivity contribution is 5.71. The maximum absolute atomic E-state index is 14.0. The first-order chi connectivity index (χ1) is 15.1. The summed E-state index contributed by atoms with van der Waals surface area (Å²) in [6.07, 6.45) is 2.58. The lowest BCUT2D eigenvalue weighted by atomic mass is 10.1. The van der Waals surface area contributed by atoms with Crippen LogP contribution in [0, 0.1) is 12.7 Å². The molecule has 0 unspecified atom stereocenters. The lowest BCUT2D eigenvalue weighted by Crippen LogP contribution is -2.09. The number of nitrogens with zero attached hydrogens (tertiary/aromatic N) is 4. The summed E-state index contributed by atoms with van der Waals surface area (Å²) in [7, 11) is 3.49. The quantitative estimate of drug-likeness (QED) is 0.429. The topological polar surface area (TPSA) is 89.4 Å². The van der Waals surface area contributed by atoms with Crippen molar-refractivity contribution < 1.29 is 13.9 Å². The zero-order valence-corrected chi connectivity index (χ0v) is 17.8. The van der Waals surface area contributed by atoms with E-state index in [0.29, 0.717) is 31.9 Å². The summed E-state index contributed by atoms with van der Waals surface area (Å²) in [5, 5.41) is 18.7. The summed E-state index contributed by atoms with van der Waals surface area (Å²) >= 11 is 0. The van der Waals surface area contributed by atoms with Crippen LogP contribution in [0.3, 0.4) is 0 Å². The summed E-state index contributed by atoms with van der Waals surface area (Å²) in [5.41, 5.74) is 5.33. The van der Waals surface area contributed by atoms with Crippen molar-refractivity contribution in [2.45, 2.75) is 26.5 Å². The summed E-state index contributed by atoms with van der Waals surface area (Å²) in [6.45, 7) is 3.36. The van der Waals surface area contributed by atoms with Crippen LogP contribution in [0.25, 0.3) is 16.8 Å². The van der Waals surface area contributed by atoms with E-state index in [-0.39, 0.29) is 5.82 Å². The number of benzene rings is 1.